The van der Waals surface area contributed by atoms with Crippen LogP contribution in [0.1, 0.15) is 0 Å². The topological polar surface area (TPSA) is 42.9 Å². The van der Waals surface area contributed by atoms with E-state index in [1.54, 1.807) is 6.07 Å². The molecule has 0 saturated carbocycles. The minimum absolute atomic E-state index is 0.235. The van der Waals surface area contributed by atoms with Gasteiger partial charge in [-0.3, -0.25) is 4.99 Å². The molecule has 2 aliphatic rings. The van der Waals surface area contributed by atoms with E-state index < -0.39 is 16.8 Å². The molecule has 2 aliphatic heterocycles. The highest BCUT2D eigenvalue weighted by atomic mass is 79.9. The molecule has 0 amide bonds. The van der Waals surface area contributed by atoms with Crippen LogP contribution in [-0.4, -0.2) is 60.6 Å². The zero-order valence-corrected chi connectivity index (χ0v) is 13.9. The fourth-order valence-corrected chi connectivity index (χ4v) is 2.63. The molecule has 21 heavy (non-hydrogen) atoms. The molecule has 2 heterocycles. The normalized spacial score (nSPS) is 25.0. The van der Waals surface area contributed by atoms with Gasteiger partial charge >= 0.3 is 0 Å². The Morgan fingerprint density at radius 3 is 2.33 bits per heavy atom. The van der Waals surface area contributed by atoms with Crippen LogP contribution in [0.3, 0.4) is 0 Å². The first-order chi connectivity index (χ1) is 9.69. The molecule has 98 valence electrons. The third-order valence-electron chi connectivity index (χ3n) is 3.25. The van der Waals surface area contributed by atoms with Crippen molar-refractivity contribution < 1.29 is 9.47 Å². The molecule has 1 unspecified atom stereocenters. The maximum atomic E-state index is 5.85. The van der Waals surface area contributed by atoms with Gasteiger partial charge < -0.3 is 14.8 Å². The maximum absolute atomic E-state index is 5.85. The molecular formula is C11H6B4Br2N2O2. The number of halogens is 2. The van der Waals surface area contributed by atoms with Crippen LogP contribution in [0, 0.1) is 0 Å². The van der Waals surface area contributed by atoms with Crippen molar-refractivity contribution in [2.24, 2.45) is 4.99 Å². The van der Waals surface area contributed by atoms with Gasteiger partial charge in [0.25, 0.3) is 0 Å². The SMILES string of the molecule is [B]C1([B])N=C(C2COc3cc(Br)c(Br)cc3O2)NC1([B])[B]. The van der Waals surface area contributed by atoms with Crippen LogP contribution >= 0.6 is 31.9 Å². The minimum atomic E-state index is -1.62. The molecule has 0 aliphatic carbocycles. The first kappa shape index (κ1) is 15.4. The highest BCUT2D eigenvalue weighted by Gasteiger charge is 2.43. The molecule has 0 aromatic heterocycles. The first-order valence-corrected chi connectivity index (χ1v) is 7.60. The Balaban J connectivity index is 1.86. The molecule has 0 saturated heterocycles. The van der Waals surface area contributed by atoms with Crippen LogP contribution in [-0.2, 0) is 0 Å². The summed E-state index contributed by atoms with van der Waals surface area (Å²) < 4.78 is 13.2. The maximum Gasteiger partial charge on any atom is 0.189 e. The molecule has 10 heteroatoms. The van der Waals surface area contributed by atoms with Gasteiger partial charge in [-0.1, -0.05) is 0 Å². The third-order valence-corrected chi connectivity index (χ3v) is 5.10. The minimum Gasteiger partial charge on any atom is -0.485 e. The molecule has 4 nitrogen and oxygen atoms in total. The summed E-state index contributed by atoms with van der Waals surface area (Å²) in [6, 6.07) is 3.60. The summed E-state index contributed by atoms with van der Waals surface area (Å²) in [6.45, 7) is 0.235. The van der Waals surface area contributed by atoms with E-state index in [4.69, 9.17) is 40.9 Å². The van der Waals surface area contributed by atoms with Gasteiger partial charge in [0.15, 0.2) is 17.6 Å². The fourth-order valence-electron chi connectivity index (χ4n) is 1.99. The molecular weight excluding hydrogens is 395 g/mol. The average molecular weight is 401 g/mol. The van der Waals surface area contributed by atoms with Crippen molar-refractivity contribution in [3.8, 4) is 11.5 Å². The van der Waals surface area contributed by atoms with E-state index in [0.717, 1.165) is 8.95 Å². The quantitative estimate of drug-likeness (QED) is 0.691. The monoisotopic (exact) mass is 400 g/mol. The molecule has 0 fully saturated rings. The van der Waals surface area contributed by atoms with Crippen LogP contribution in [0.5, 0.6) is 11.5 Å². The summed E-state index contributed by atoms with van der Waals surface area (Å²) in [7, 11) is 23.1. The smallest absolute Gasteiger partial charge is 0.189 e. The van der Waals surface area contributed by atoms with Crippen LogP contribution in [0.4, 0.5) is 0 Å². The van der Waals surface area contributed by atoms with E-state index >= 15 is 0 Å². The van der Waals surface area contributed by atoms with Crippen molar-refractivity contribution in [3.05, 3.63) is 21.1 Å². The molecule has 0 bridgehead atoms. The van der Waals surface area contributed by atoms with Crippen LogP contribution < -0.4 is 14.8 Å². The Bertz CT molecular complexity index is 639. The summed E-state index contributed by atoms with van der Waals surface area (Å²) in [5.41, 5.74) is 0. The van der Waals surface area contributed by atoms with Crippen LogP contribution in [0.15, 0.2) is 26.1 Å². The molecule has 1 N–H and O–H groups in total. The number of rotatable bonds is 1. The summed E-state index contributed by atoms with van der Waals surface area (Å²) in [5.74, 6) is 1.55. The standard InChI is InChI=1S/C11H6B4Br2N2O2/c12-10(13)11(14,15)19-9(18-10)8-3-20-6-1-4(16)5(17)2-7(6)21-8/h1-2,8H,3H2,(H,18,19). The van der Waals surface area contributed by atoms with Gasteiger partial charge in [0.1, 0.15) is 12.4 Å². The van der Waals surface area contributed by atoms with Gasteiger partial charge in [-0.15, -0.1) is 0 Å². The lowest BCUT2D eigenvalue weighted by molar-refractivity contribution is 0.132. The second-order valence-electron chi connectivity index (χ2n) is 4.95. The first-order valence-electron chi connectivity index (χ1n) is 6.01. The van der Waals surface area contributed by atoms with Crippen molar-refractivity contribution in [2.75, 3.05) is 6.61 Å². The second kappa shape index (κ2) is 5.01. The van der Waals surface area contributed by atoms with E-state index in [1.807, 2.05) is 6.07 Å². The molecule has 8 radical (unpaired) electrons. The lowest BCUT2D eigenvalue weighted by Gasteiger charge is -2.35. The third kappa shape index (κ3) is 2.65. The van der Waals surface area contributed by atoms with E-state index in [1.165, 1.54) is 0 Å². The molecule has 1 atom stereocenters. The Labute approximate surface area is 144 Å². The van der Waals surface area contributed by atoms with E-state index in [0.29, 0.717) is 17.3 Å². The van der Waals surface area contributed by atoms with Crippen molar-refractivity contribution in [3.63, 3.8) is 0 Å². The summed E-state index contributed by atoms with van der Waals surface area (Å²) in [6.07, 6.45) is -0.522. The predicted octanol–water partition coefficient (Wildman–Crippen LogP) is 0.335. The number of fused-ring (bicyclic) bond motifs is 1. The predicted molar refractivity (Wildman–Crippen MR) is 90.8 cm³/mol. The highest BCUT2D eigenvalue weighted by Crippen LogP contribution is 2.39. The number of hydrogen-bond donors (Lipinski definition) is 1. The molecule has 3 rings (SSSR count). The highest BCUT2D eigenvalue weighted by molar-refractivity contribution is 9.13. The Morgan fingerprint density at radius 2 is 1.76 bits per heavy atom. The fraction of sp³-hybridized carbons (Fsp3) is 0.364. The molecule has 0 spiro atoms. The van der Waals surface area contributed by atoms with Crippen molar-refractivity contribution in [1.29, 1.82) is 0 Å². The summed E-state index contributed by atoms with van der Waals surface area (Å²) in [4.78, 5) is 4.09. The number of nitrogens with one attached hydrogen (secondary N) is 1. The Hall–Kier alpha value is -0.490. The largest absolute Gasteiger partial charge is 0.485 e. The number of aliphatic imine (C=N–C) groups is 1. The number of ether oxygens (including phenoxy) is 2. The Morgan fingerprint density at radius 1 is 1.14 bits per heavy atom. The van der Waals surface area contributed by atoms with E-state index in [9.17, 15) is 0 Å². The number of amidine groups is 1. The number of hydrogen-bond acceptors (Lipinski definition) is 4. The van der Waals surface area contributed by atoms with Crippen molar-refractivity contribution >= 4 is 69.1 Å². The van der Waals surface area contributed by atoms with Crippen molar-refractivity contribution in [1.82, 2.24) is 5.32 Å². The van der Waals surface area contributed by atoms with Gasteiger partial charge in [-0.2, -0.15) is 0 Å². The Kier molecular flexibility index (Phi) is 3.68. The zero-order chi connectivity index (χ0) is 15.4. The van der Waals surface area contributed by atoms with Crippen LogP contribution in [0.25, 0.3) is 0 Å². The zero-order valence-electron chi connectivity index (χ0n) is 10.8. The van der Waals surface area contributed by atoms with Gasteiger partial charge in [0.2, 0.25) is 0 Å². The summed E-state index contributed by atoms with van der Waals surface area (Å²) >= 11 is 6.81. The molecule has 1 aromatic rings. The number of benzene rings is 1. The van der Waals surface area contributed by atoms with Gasteiger partial charge in [-0.25, -0.2) is 0 Å². The van der Waals surface area contributed by atoms with Gasteiger partial charge in [0.05, 0.1) is 31.4 Å². The van der Waals surface area contributed by atoms with E-state index in [2.05, 4.69) is 42.2 Å². The second-order valence-corrected chi connectivity index (χ2v) is 6.66. The lowest BCUT2D eigenvalue weighted by atomic mass is 9.39. The lowest BCUT2D eigenvalue weighted by Crippen LogP contribution is -2.61. The number of nitrogens with zero attached hydrogens (tertiary/aromatic N) is 1. The van der Waals surface area contributed by atoms with Gasteiger partial charge in [0, 0.05) is 8.95 Å². The van der Waals surface area contributed by atoms with Crippen molar-refractivity contribution in [2.45, 2.75) is 16.8 Å². The van der Waals surface area contributed by atoms with Gasteiger partial charge in [-0.05, 0) is 54.7 Å². The van der Waals surface area contributed by atoms with Crippen LogP contribution in [0.2, 0.25) is 0 Å². The average Bonchev–Trinajstić information content (AvgIpc) is 2.59. The van der Waals surface area contributed by atoms with E-state index in [-0.39, 0.29) is 6.61 Å². The summed E-state index contributed by atoms with van der Waals surface area (Å²) in [5, 5.41) is -0.392. The molecule has 1 aromatic carbocycles.